The lowest BCUT2D eigenvalue weighted by atomic mass is 10.1. The van der Waals surface area contributed by atoms with E-state index in [1.807, 2.05) is 42.5 Å². The van der Waals surface area contributed by atoms with E-state index in [0.29, 0.717) is 0 Å². The molecule has 2 aromatic rings. The van der Waals surface area contributed by atoms with Gasteiger partial charge in [0.1, 0.15) is 0 Å². The molecule has 0 saturated carbocycles. The van der Waals surface area contributed by atoms with Crippen LogP contribution < -0.4 is 11.0 Å². The van der Waals surface area contributed by atoms with Gasteiger partial charge in [-0.05, 0) is 24.3 Å². The highest BCUT2D eigenvalue weighted by Gasteiger charge is 1.98. The summed E-state index contributed by atoms with van der Waals surface area (Å²) in [6.45, 7) is 0. The number of benzene rings is 1. The Hall–Kier alpha value is -1.91. The fourth-order valence-corrected chi connectivity index (χ4v) is 1.40. The van der Waals surface area contributed by atoms with Crippen LogP contribution in [0.15, 0.2) is 48.7 Å². The topological polar surface area (TPSA) is 46.2 Å². The number of nitrogens with zero attached hydrogens (tertiary/aromatic N) is 1. The number of anilines is 1. The zero-order chi connectivity index (χ0) is 11.2. The monoisotopic (exact) mass is 215 g/mol. The average Bonchev–Trinajstić information content (AvgIpc) is 2.38. The van der Waals surface area contributed by atoms with Crippen LogP contribution in [0, 0.1) is 0 Å². The molecular weight excluding hydrogens is 202 g/mol. The second kappa shape index (κ2) is 5.25. The van der Waals surface area contributed by atoms with Gasteiger partial charge in [-0.1, -0.05) is 18.2 Å². The molecule has 2 rings (SSSR count). The van der Waals surface area contributed by atoms with E-state index in [0.717, 1.165) is 16.9 Å². The molecule has 0 aliphatic rings. The zero-order valence-electron chi connectivity index (χ0n) is 8.97. The number of nitrogens with one attached hydrogen (secondary N) is 2. The molecule has 0 unspecified atom stereocenters. The van der Waals surface area contributed by atoms with Gasteiger partial charge in [0.15, 0.2) is 0 Å². The van der Waals surface area contributed by atoms with Gasteiger partial charge in [0, 0.05) is 11.8 Å². The summed E-state index contributed by atoms with van der Waals surface area (Å²) < 4.78 is 0. The molecule has 0 fully saturated rings. The van der Waals surface area contributed by atoms with Crippen molar-refractivity contribution in [2.75, 3.05) is 12.5 Å². The predicted octanol–water partition coefficient (Wildman–Crippen LogP) is 2.23. The number of aromatic nitrogens is 1. The lowest BCUT2D eigenvalue weighted by molar-refractivity contribution is 0.111. The van der Waals surface area contributed by atoms with Crippen LogP contribution >= 0.6 is 0 Å². The number of hydrogen-bond acceptors (Lipinski definition) is 4. The van der Waals surface area contributed by atoms with Crippen molar-refractivity contribution in [3.05, 3.63) is 48.7 Å². The van der Waals surface area contributed by atoms with Crippen LogP contribution in [0.1, 0.15) is 0 Å². The normalized spacial score (nSPS) is 10.1. The van der Waals surface area contributed by atoms with Crippen molar-refractivity contribution in [2.24, 2.45) is 0 Å². The molecule has 0 bridgehead atoms. The molecule has 0 spiro atoms. The highest BCUT2D eigenvalue weighted by atomic mass is 16.7. The van der Waals surface area contributed by atoms with Crippen molar-refractivity contribution < 1.29 is 4.84 Å². The molecule has 16 heavy (non-hydrogen) atoms. The van der Waals surface area contributed by atoms with Gasteiger partial charge in [0.25, 0.3) is 0 Å². The molecule has 4 heteroatoms. The van der Waals surface area contributed by atoms with Crippen molar-refractivity contribution >= 4 is 5.69 Å². The predicted molar refractivity (Wildman–Crippen MR) is 63.4 cm³/mol. The summed E-state index contributed by atoms with van der Waals surface area (Å²) in [6.07, 6.45) is 1.78. The van der Waals surface area contributed by atoms with E-state index in [-0.39, 0.29) is 0 Å². The molecule has 0 atom stereocenters. The first-order chi connectivity index (χ1) is 7.90. The van der Waals surface area contributed by atoms with E-state index in [1.54, 1.807) is 13.3 Å². The smallest absolute Gasteiger partial charge is 0.0702 e. The summed E-state index contributed by atoms with van der Waals surface area (Å²) in [6, 6.07) is 13.8. The molecular formula is C12H13N3O. The van der Waals surface area contributed by atoms with Gasteiger partial charge >= 0.3 is 0 Å². The van der Waals surface area contributed by atoms with Gasteiger partial charge in [-0.2, -0.15) is 0 Å². The Morgan fingerprint density at radius 3 is 2.81 bits per heavy atom. The fourth-order valence-electron chi connectivity index (χ4n) is 1.40. The standard InChI is InChI=1S/C12H13N3O/c1-16-15-14-11-6-4-5-10(9-11)12-7-2-3-8-13-12/h2-9,14-15H,1H3. The Morgan fingerprint density at radius 2 is 2.06 bits per heavy atom. The first-order valence-electron chi connectivity index (χ1n) is 4.95. The summed E-state index contributed by atoms with van der Waals surface area (Å²) in [5.74, 6) is 0. The van der Waals surface area contributed by atoms with E-state index < -0.39 is 0 Å². The maximum absolute atomic E-state index is 4.71. The molecule has 0 aliphatic carbocycles. The van der Waals surface area contributed by atoms with Crippen molar-refractivity contribution in [3.63, 3.8) is 0 Å². The van der Waals surface area contributed by atoms with E-state index in [1.165, 1.54) is 0 Å². The third-order valence-electron chi connectivity index (χ3n) is 2.12. The van der Waals surface area contributed by atoms with Crippen molar-refractivity contribution in [1.82, 2.24) is 10.6 Å². The van der Waals surface area contributed by atoms with Crippen molar-refractivity contribution in [1.29, 1.82) is 0 Å². The molecule has 1 aromatic heterocycles. The van der Waals surface area contributed by atoms with E-state index in [2.05, 4.69) is 16.0 Å². The highest BCUT2D eigenvalue weighted by molar-refractivity contribution is 5.64. The Kier molecular flexibility index (Phi) is 3.48. The summed E-state index contributed by atoms with van der Waals surface area (Å²) in [7, 11) is 1.55. The van der Waals surface area contributed by atoms with E-state index in [4.69, 9.17) is 4.84 Å². The zero-order valence-corrected chi connectivity index (χ0v) is 8.97. The van der Waals surface area contributed by atoms with Gasteiger partial charge in [-0.25, -0.2) is 0 Å². The maximum atomic E-state index is 4.71. The van der Waals surface area contributed by atoms with Gasteiger partial charge in [0.2, 0.25) is 0 Å². The molecule has 4 nitrogen and oxygen atoms in total. The minimum atomic E-state index is 0.921. The van der Waals surface area contributed by atoms with Crippen LogP contribution in [0.5, 0.6) is 0 Å². The highest BCUT2D eigenvalue weighted by Crippen LogP contribution is 2.19. The van der Waals surface area contributed by atoms with Gasteiger partial charge < -0.3 is 0 Å². The molecule has 0 saturated heterocycles. The number of rotatable bonds is 4. The van der Waals surface area contributed by atoms with Crippen LogP contribution in [0.4, 0.5) is 5.69 Å². The SMILES string of the molecule is CONNc1cccc(-c2ccccn2)c1. The summed E-state index contributed by atoms with van der Waals surface area (Å²) in [5, 5.41) is 0. The molecule has 0 aliphatic heterocycles. The average molecular weight is 215 g/mol. The first-order valence-corrected chi connectivity index (χ1v) is 4.95. The van der Waals surface area contributed by atoms with Crippen LogP contribution in [-0.4, -0.2) is 12.1 Å². The molecule has 82 valence electrons. The second-order valence-electron chi connectivity index (χ2n) is 3.23. The fraction of sp³-hybridized carbons (Fsp3) is 0.0833. The minimum Gasteiger partial charge on any atom is -0.299 e. The number of hydrogen-bond donors (Lipinski definition) is 2. The van der Waals surface area contributed by atoms with Crippen LogP contribution in [0.3, 0.4) is 0 Å². The summed E-state index contributed by atoms with van der Waals surface area (Å²) in [5.41, 5.74) is 8.41. The number of pyridine rings is 1. The first kappa shape index (κ1) is 10.6. The molecule has 1 heterocycles. The largest absolute Gasteiger partial charge is 0.299 e. The molecule has 2 N–H and O–H groups in total. The van der Waals surface area contributed by atoms with Crippen molar-refractivity contribution in [3.8, 4) is 11.3 Å². The van der Waals surface area contributed by atoms with Crippen molar-refractivity contribution in [2.45, 2.75) is 0 Å². The quantitative estimate of drug-likeness (QED) is 0.768. The van der Waals surface area contributed by atoms with Gasteiger partial charge in [0.05, 0.1) is 18.5 Å². The Labute approximate surface area is 94.2 Å². The Balaban J connectivity index is 2.22. The number of hydrazine groups is 1. The Bertz CT molecular complexity index is 445. The third kappa shape index (κ3) is 2.56. The summed E-state index contributed by atoms with van der Waals surface area (Å²) in [4.78, 5) is 9.01. The second-order valence-corrected chi connectivity index (χ2v) is 3.23. The maximum Gasteiger partial charge on any atom is 0.0702 e. The third-order valence-corrected chi connectivity index (χ3v) is 2.12. The lowest BCUT2D eigenvalue weighted by Gasteiger charge is -2.07. The summed E-state index contributed by atoms with van der Waals surface area (Å²) >= 11 is 0. The Morgan fingerprint density at radius 1 is 1.12 bits per heavy atom. The minimum absolute atomic E-state index is 0.921. The van der Waals surface area contributed by atoms with Gasteiger partial charge in [-0.3, -0.25) is 15.2 Å². The van der Waals surface area contributed by atoms with Crippen LogP contribution in [0.25, 0.3) is 11.3 Å². The molecule has 0 radical (unpaired) electrons. The molecule has 0 amide bonds. The van der Waals surface area contributed by atoms with Crippen LogP contribution in [-0.2, 0) is 4.84 Å². The van der Waals surface area contributed by atoms with E-state index >= 15 is 0 Å². The lowest BCUT2D eigenvalue weighted by Crippen LogP contribution is -2.19. The van der Waals surface area contributed by atoms with E-state index in [9.17, 15) is 0 Å². The van der Waals surface area contributed by atoms with Gasteiger partial charge in [-0.15, -0.1) is 5.59 Å². The van der Waals surface area contributed by atoms with Crippen LogP contribution in [0.2, 0.25) is 0 Å². The molecule has 1 aromatic carbocycles.